The fourth-order valence-corrected chi connectivity index (χ4v) is 5.27. The highest BCUT2D eigenvalue weighted by Gasteiger charge is 2.47. The van der Waals surface area contributed by atoms with Crippen molar-refractivity contribution in [3.8, 4) is 11.5 Å². The van der Waals surface area contributed by atoms with E-state index in [1.807, 2.05) is 12.1 Å². The summed E-state index contributed by atoms with van der Waals surface area (Å²) in [5.41, 5.74) is 1.34. The molecular weight excluding hydrogens is 382 g/mol. The molecule has 0 bridgehead atoms. The SMILES string of the molecule is COc1ccc(C2=COC3C(CCC(O)C3CN3CCCCC3C)C2=O)cc1OC. The second kappa shape index (κ2) is 8.98. The zero-order valence-corrected chi connectivity index (χ0v) is 18.2. The Balaban J connectivity index is 1.56. The minimum Gasteiger partial charge on any atom is -0.496 e. The van der Waals surface area contributed by atoms with Crippen molar-refractivity contribution in [2.24, 2.45) is 11.8 Å². The summed E-state index contributed by atoms with van der Waals surface area (Å²) in [4.78, 5) is 15.9. The molecule has 5 atom stereocenters. The molecule has 3 aliphatic rings. The third-order valence-corrected chi connectivity index (χ3v) is 7.11. The Labute approximate surface area is 178 Å². The number of fused-ring (bicyclic) bond motifs is 1. The number of methoxy groups -OCH3 is 2. The summed E-state index contributed by atoms with van der Waals surface area (Å²) in [6, 6.07) is 6.00. The van der Waals surface area contributed by atoms with Crippen LogP contribution in [0.2, 0.25) is 0 Å². The molecule has 0 spiro atoms. The van der Waals surface area contributed by atoms with Crippen LogP contribution in [0.1, 0.15) is 44.6 Å². The molecule has 2 fully saturated rings. The van der Waals surface area contributed by atoms with Crippen LogP contribution >= 0.6 is 0 Å². The highest BCUT2D eigenvalue weighted by atomic mass is 16.5. The molecule has 6 heteroatoms. The van der Waals surface area contributed by atoms with Crippen LogP contribution in [0, 0.1) is 11.8 Å². The van der Waals surface area contributed by atoms with Gasteiger partial charge < -0.3 is 24.2 Å². The summed E-state index contributed by atoms with van der Waals surface area (Å²) in [5, 5.41) is 10.8. The Kier molecular flexibility index (Phi) is 6.34. The van der Waals surface area contributed by atoms with Gasteiger partial charge in [-0.1, -0.05) is 12.5 Å². The topological polar surface area (TPSA) is 68.2 Å². The molecule has 0 aromatic heterocycles. The maximum absolute atomic E-state index is 13.4. The number of aliphatic hydroxyl groups excluding tert-OH is 1. The molecule has 0 radical (unpaired) electrons. The van der Waals surface area contributed by atoms with Crippen molar-refractivity contribution < 1.29 is 24.1 Å². The van der Waals surface area contributed by atoms with E-state index in [1.165, 1.54) is 19.3 Å². The van der Waals surface area contributed by atoms with Crippen LogP contribution in [0.15, 0.2) is 24.5 Å². The largest absolute Gasteiger partial charge is 0.496 e. The molecule has 1 N–H and O–H groups in total. The molecular formula is C24H33NO5. The summed E-state index contributed by atoms with van der Waals surface area (Å²) in [7, 11) is 3.17. The third-order valence-electron chi connectivity index (χ3n) is 7.11. The lowest BCUT2D eigenvalue weighted by Crippen LogP contribution is -2.53. The van der Waals surface area contributed by atoms with Gasteiger partial charge in [0, 0.05) is 18.5 Å². The number of hydrogen-bond donors (Lipinski definition) is 1. The number of hydrogen-bond acceptors (Lipinski definition) is 6. The van der Waals surface area contributed by atoms with Crippen LogP contribution in [-0.2, 0) is 9.53 Å². The maximum atomic E-state index is 13.4. The van der Waals surface area contributed by atoms with E-state index in [4.69, 9.17) is 14.2 Å². The highest BCUT2D eigenvalue weighted by Crippen LogP contribution is 2.41. The van der Waals surface area contributed by atoms with E-state index >= 15 is 0 Å². The van der Waals surface area contributed by atoms with E-state index < -0.39 is 6.10 Å². The molecule has 164 valence electrons. The Morgan fingerprint density at radius 1 is 1.13 bits per heavy atom. The number of rotatable bonds is 5. The molecule has 0 amide bonds. The first-order valence-electron chi connectivity index (χ1n) is 11.1. The maximum Gasteiger partial charge on any atom is 0.173 e. The van der Waals surface area contributed by atoms with Crippen molar-refractivity contribution in [2.75, 3.05) is 27.3 Å². The molecule has 1 aromatic rings. The van der Waals surface area contributed by atoms with Crippen LogP contribution < -0.4 is 9.47 Å². The number of carbonyl (C=O) groups is 1. The van der Waals surface area contributed by atoms with Crippen molar-refractivity contribution in [3.63, 3.8) is 0 Å². The Morgan fingerprint density at radius 2 is 1.93 bits per heavy atom. The molecule has 2 heterocycles. The predicted octanol–water partition coefficient (Wildman–Crippen LogP) is 3.27. The minimum absolute atomic E-state index is 0.0450. The van der Waals surface area contributed by atoms with Gasteiger partial charge in [0.25, 0.3) is 0 Å². The first kappa shape index (κ1) is 21.2. The number of carbonyl (C=O) groups excluding carboxylic acids is 1. The lowest BCUT2D eigenvalue weighted by molar-refractivity contribution is -0.134. The predicted molar refractivity (Wildman–Crippen MR) is 115 cm³/mol. The highest BCUT2D eigenvalue weighted by molar-refractivity contribution is 6.22. The van der Waals surface area contributed by atoms with Gasteiger partial charge in [0.05, 0.1) is 38.1 Å². The van der Waals surface area contributed by atoms with Gasteiger partial charge in [-0.3, -0.25) is 4.79 Å². The van der Waals surface area contributed by atoms with Gasteiger partial charge in [0.2, 0.25) is 0 Å². The monoisotopic (exact) mass is 415 g/mol. The summed E-state index contributed by atoms with van der Waals surface area (Å²) >= 11 is 0. The third kappa shape index (κ3) is 3.95. The Bertz CT molecular complexity index is 807. The lowest BCUT2D eigenvalue weighted by atomic mass is 9.72. The quantitative estimate of drug-likeness (QED) is 0.796. The summed E-state index contributed by atoms with van der Waals surface area (Å²) in [5.74, 6) is 1.05. The van der Waals surface area contributed by atoms with Crippen LogP contribution in [0.5, 0.6) is 11.5 Å². The van der Waals surface area contributed by atoms with E-state index in [1.54, 1.807) is 26.5 Å². The summed E-state index contributed by atoms with van der Waals surface area (Å²) in [6.45, 7) is 4.10. The van der Waals surface area contributed by atoms with Crippen molar-refractivity contribution in [1.82, 2.24) is 4.90 Å². The van der Waals surface area contributed by atoms with Gasteiger partial charge >= 0.3 is 0 Å². The van der Waals surface area contributed by atoms with Crippen molar-refractivity contribution in [1.29, 1.82) is 0 Å². The molecule has 1 aliphatic carbocycles. The van der Waals surface area contributed by atoms with E-state index in [2.05, 4.69) is 11.8 Å². The molecule has 2 aliphatic heterocycles. The number of piperidine rings is 1. The van der Waals surface area contributed by atoms with E-state index in [0.717, 1.165) is 18.7 Å². The molecule has 30 heavy (non-hydrogen) atoms. The van der Waals surface area contributed by atoms with Crippen LogP contribution in [-0.4, -0.2) is 61.3 Å². The molecule has 1 aromatic carbocycles. The second-order valence-corrected chi connectivity index (χ2v) is 8.82. The molecule has 6 nitrogen and oxygen atoms in total. The number of aliphatic hydroxyl groups is 1. The minimum atomic E-state index is -0.427. The lowest BCUT2D eigenvalue weighted by Gasteiger charge is -2.45. The number of allylic oxidation sites excluding steroid dienone is 1. The number of Topliss-reactive ketones (excluding diaryl/α,β-unsaturated/α-hetero) is 1. The number of likely N-dealkylation sites (tertiary alicyclic amines) is 1. The Morgan fingerprint density at radius 3 is 2.67 bits per heavy atom. The molecule has 5 unspecified atom stereocenters. The Hall–Kier alpha value is -2.05. The van der Waals surface area contributed by atoms with Crippen molar-refractivity contribution in [3.05, 3.63) is 30.0 Å². The zero-order chi connectivity index (χ0) is 21.3. The first-order valence-corrected chi connectivity index (χ1v) is 11.1. The number of ketones is 1. The van der Waals surface area contributed by atoms with Gasteiger partial charge in [0.15, 0.2) is 17.3 Å². The number of benzene rings is 1. The van der Waals surface area contributed by atoms with Crippen molar-refractivity contribution >= 4 is 11.4 Å². The molecule has 4 rings (SSSR count). The van der Waals surface area contributed by atoms with Crippen LogP contribution in [0.4, 0.5) is 0 Å². The summed E-state index contributed by atoms with van der Waals surface area (Å²) < 4.78 is 16.9. The standard InChI is InChI=1S/C24H33NO5/c1-15-6-4-5-11-25(15)13-18-20(26)9-8-17-23(27)19(14-30-24(17)18)16-7-10-21(28-2)22(12-16)29-3/h7,10,12,14-15,17-18,20,24,26H,4-6,8-9,11,13H2,1-3H3. The van der Waals surface area contributed by atoms with Crippen molar-refractivity contribution in [2.45, 2.75) is 57.3 Å². The smallest absolute Gasteiger partial charge is 0.173 e. The number of ether oxygens (including phenoxy) is 3. The normalized spacial score (nSPS) is 32.1. The average Bonchev–Trinajstić information content (AvgIpc) is 2.76. The average molecular weight is 416 g/mol. The summed E-state index contributed by atoms with van der Waals surface area (Å²) in [6.07, 6.45) is 5.86. The van der Waals surface area contributed by atoms with E-state index in [-0.39, 0.29) is 23.7 Å². The van der Waals surface area contributed by atoms with E-state index in [0.29, 0.717) is 36.0 Å². The molecule has 1 saturated heterocycles. The molecule has 1 saturated carbocycles. The van der Waals surface area contributed by atoms with Gasteiger partial charge in [0.1, 0.15) is 6.10 Å². The fraction of sp³-hybridized carbons (Fsp3) is 0.625. The van der Waals surface area contributed by atoms with Crippen LogP contribution in [0.3, 0.4) is 0 Å². The van der Waals surface area contributed by atoms with Gasteiger partial charge in [-0.05, 0) is 56.8 Å². The fourth-order valence-electron chi connectivity index (χ4n) is 5.27. The van der Waals surface area contributed by atoms with Gasteiger partial charge in [-0.25, -0.2) is 0 Å². The van der Waals surface area contributed by atoms with Crippen LogP contribution in [0.25, 0.3) is 5.57 Å². The van der Waals surface area contributed by atoms with Gasteiger partial charge in [-0.2, -0.15) is 0 Å². The van der Waals surface area contributed by atoms with Gasteiger partial charge in [-0.15, -0.1) is 0 Å². The first-order chi connectivity index (χ1) is 14.5. The second-order valence-electron chi connectivity index (χ2n) is 8.82. The zero-order valence-electron chi connectivity index (χ0n) is 18.2. The number of nitrogens with zero attached hydrogens (tertiary/aromatic N) is 1. The van der Waals surface area contributed by atoms with E-state index in [9.17, 15) is 9.90 Å².